The van der Waals surface area contributed by atoms with Crippen LogP contribution in [-0.2, 0) is 4.79 Å². The maximum absolute atomic E-state index is 13.1. The van der Waals surface area contributed by atoms with Crippen molar-refractivity contribution in [2.75, 3.05) is 12.4 Å². The molecular formula is C26H24N4O3S. The summed E-state index contributed by atoms with van der Waals surface area (Å²) in [5, 5.41) is 11.8. The SMILES string of the molecule is COc1cccc(-c2nnc(SC(C)C(=O)c3ccc(NC(C)=O)cc3)n2-c2ccccc2)c1. The summed E-state index contributed by atoms with van der Waals surface area (Å²) in [5.74, 6) is 1.19. The fourth-order valence-electron chi connectivity index (χ4n) is 3.47. The summed E-state index contributed by atoms with van der Waals surface area (Å²) < 4.78 is 7.32. The summed E-state index contributed by atoms with van der Waals surface area (Å²) in [6.07, 6.45) is 0. The fourth-order valence-corrected chi connectivity index (χ4v) is 4.42. The van der Waals surface area contributed by atoms with Crippen molar-refractivity contribution in [2.24, 2.45) is 0 Å². The fraction of sp³-hybridized carbons (Fsp3) is 0.154. The number of ketones is 1. The topological polar surface area (TPSA) is 86.1 Å². The first-order chi connectivity index (χ1) is 16.5. The summed E-state index contributed by atoms with van der Waals surface area (Å²) >= 11 is 1.35. The Labute approximate surface area is 202 Å². The van der Waals surface area contributed by atoms with E-state index >= 15 is 0 Å². The third-order valence-electron chi connectivity index (χ3n) is 5.12. The van der Waals surface area contributed by atoms with Gasteiger partial charge in [0.2, 0.25) is 5.91 Å². The number of para-hydroxylation sites is 1. The lowest BCUT2D eigenvalue weighted by Crippen LogP contribution is -2.15. The lowest BCUT2D eigenvalue weighted by atomic mass is 10.1. The van der Waals surface area contributed by atoms with Gasteiger partial charge < -0.3 is 10.1 Å². The van der Waals surface area contributed by atoms with E-state index in [1.807, 2.05) is 66.1 Å². The van der Waals surface area contributed by atoms with Gasteiger partial charge in [0, 0.05) is 29.4 Å². The number of rotatable bonds is 8. The van der Waals surface area contributed by atoms with E-state index in [0.717, 1.165) is 17.0 Å². The minimum Gasteiger partial charge on any atom is -0.497 e. The molecule has 0 aliphatic rings. The zero-order valence-electron chi connectivity index (χ0n) is 19.1. The zero-order valence-corrected chi connectivity index (χ0v) is 19.9. The van der Waals surface area contributed by atoms with Crippen LogP contribution in [0.15, 0.2) is 84.0 Å². The van der Waals surface area contributed by atoms with Gasteiger partial charge >= 0.3 is 0 Å². The van der Waals surface area contributed by atoms with Gasteiger partial charge in [-0.3, -0.25) is 14.2 Å². The lowest BCUT2D eigenvalue weighted by molar-refractivity contribution is -0.114. The van der Waals surface area contributed by atoms with Gasteiger partial charge in [-0.1, -0.05) is 42.1 Å². The number of ether oxygens (including phenoxy) is 1. The number of nitrogens with zero attached hydrogens (tertiary/aromatic N) is 3. The number of hydrogen-bond donors (Lipinski definition) is 1. The Bertz CT molecular complexity index is 1300. The van der Waals surface area contributed by atoms with Crippen molar-refractivity contribution in [1.82, 2.24) is 14.8 Å². The highest BCUT2D eigenvalue weighted by molar-refractivity contribution is 8.00. The number of anilines is 1. The molecule has 1 amide bonds. The molecule has 0 fully saturated rings. The third kappa shape index (κ3) is 5.18. The van der Waals surface area contributed by atoms with Crippen molar-refractivity contribution in [2.45, 2.75) is 24.3 Å². The molecule has 0 saturated carbocycles. The van der Waals surface area contributed by atoms with Crippen LogP contribution in [0.25, 0.3) is 17.1 Å². The molecule has 1 N–H and O–H groups in total. The van der Waals surface area contributed by atoms with Crippen molar-refractivity contribution >= 4 is 29.1 Å². The Kier molecular flexibility index (Phi) is 7.08. The summed E-state index contributed by atoms with van der Waals surface area (Å²) in [7, 11) is 1.62. The monoisotopic (exact) mass is 472 g/mol. The number of thioether (sulfide) groups is 1. The number of amides is 1. The van der Waals surface area contributed by atoms with Crippen molar-refractivity contribution in [3.63, 3.8) is 0 Å². The summed E-state index contributed by atoms with van der Waals surface area (Å²) in [4.78, 5) is 24.3. The molecule has 0 aliphatic heterocycles. The Morgan fingerprint density at radius 2 is 1.71 bits per heavy atom. The normalized spacial score (nSPS) is 11.6. The number of nitrogens with one attached hydrogen (secondary N) is 1. The van der Waals surface area contributed by atoms with Crippen LogP contribution < -0.4 is 10.1 Å². The average Bonchev–Trinajstić information content (AvgIpc) is 3.27. The lowest BCUT2D eigenvalue weighted by Gasteiger charge is -2.14. The van der Waals surface area contributed by atoms with E-state index in [-0.39, 0.29) is 11.7 Å². The minimum absolute atomic E-state index is 0.0371. The first-order valence-electron chi connectivity index (χ1n) is 10.7. The zero-order chi connectivity index (χ0) is 24.1. The number of carbonyl (C=O) groups is 2. The molecule has 4 aromatic rings. The molecule has 0 saturated heterocycles. The molecule has 1 unspecified atom stereocenters. The largest absolute Gasteiger partial charge is 0.497 e. The van der Waals surface area contributed by atoms with Crippen molar-refractivity contribution in [3.8, 4) is 22.8 Å². The molecule has 7 nitrogen and oxygen atoms in total. The Hall–Kier alpha value is -3.91. The minimum atomic E-state index is -0.406. The van der Waals surface area contributed by atoms with Gasteiger partial charge in [-0.2, -0.15) is 0 Å². The summed E-state index contributed by atoms with van der Waals surface area (Å²) in [6, 6.07) is 24.3. The second kappa shape index (κ2) is 10.4. The molecule has 0 bridgehead atoms. The van der Waals surface area contributed by atoms with Gasteiger partial charge in [-0.05, 0) is 55.5 Å². The van der Waals surface area contributed by atoms with E-state index in [2.05, 4.69) is 15.5 Å². The van der Waals surface area contributed by atoms with Crippen LogP contribution in [-0.4, -0.2) is 38.8 Å². The summed E-state index contributed by atoms with van der Waals surface area (Å²) in [6.45, 7) is 3.30. The number of aromatic nitrogens is 3. The highest BCUT2D eigenvalue weighted by atomic mass is 32.2. The number of methoxy groups -OCH3 is 1. The highest BCUT2D eigenvalue weighted by Gasteiger charge is 2.23. The molecule has 8 heteroatoms. The average molecular weight is 473 g/mol. The molecule has 1 heterocycles. The standard InChI is InChI=1S/C26H24N4O3S/c1-17(24(32)19-12-14-21(15-13-19)27-18(2)31)34-26-29-28-25(20-8-7-11-23(16-20)33-3)30(26)22-9-5-4-6-10-22/h4-17H,1-3H3,(H,27,31). The molecular weight excluding hydrogens is 448 g/mol. The quantitative estimate of drug-likeness (QED) is 0.278. The van der Waals surface area contributed by atoms with Gasteiger partial charge in [-0.25, -0.2) is 0 Å². The van der Waals surface area contributed by atoms with Crippen LogP contribution in [0, 0.1) is 0 Å². The second-order valence-corrected chi connectivity index (χ2v) is 8.90. The van der Waals surface area contributed by atoms with Gasteiger partial charge in [0.15, 0.2) is 16.8 Å². The first kappa shape index (κ1) is 23.3. The van der Waals surface area contributed by atoms with Crippen molar-refractivity contribution in [1.29, 1.82) is 0 Å². The van der Waals surface area contributed by atoms with E-state index in [1.54, 1.807) is 31.4 Å². The van der Waals surface area contributed by atoms with Gasteiger partial charge in [-0.15, -0.1) is 10.2 Å². The molecule has 0 radical (unpaired) electrons. The molecule has 3 aromatic carbocycles. The van der Waals surface area contributed by atoms with Crippen LogP contribution in [0.3, 0.4) is 0 Å². The van der Waals surface area contributed by atoms with Gasteiger partial charge in [0.05, 0.1) is 12.4 Å². The van der Waals surface area contributed by atoms with E-state index in [1.165, 1.54) is 18.7 Å². The number of Topliss-reactive ketones (excluding diaryl/α,β-unsaturated/α-hetero) is 1. The van der Waals surface area contributed by atoms with Gasteiger partial charge in [0.25, 0.3) is 0 Å². The van der Waals surface area contributed by atoms with E-state index in [9.17, 15) is 9.59 Å². The van der Waals surface area contributed by atoms with Crippen molar-refractivity contribution < 1.29 is 14.3 Å². The van der Waals surface area contributed by atoms with Crippen LogP contribution in [0.2, 0.25) is 0 Å². The third-order valence-corrected chi connectivity index (χ3v) is 6.16. The Morgan fingerprint density at radius 3 is 2.38 bits per heavy atom. The van der Waals surface area contributed by atoms with Crippen LogP contribution in [0.1, 0.15) is 24.2 Å². The first-order valence-corrected chi connectivity index (χ1v) is 11.6. The predicted molar refractivity (Wildman–Crippen MR) is 134 cm³/mol. The molecule has 0 aliphatic carbocycles. The van der Waals surface area contributed by atoms with E-state index < -0.39 is 5.25 Å². The van der Waals surface area contributed by atoms with Crippen LogP contribution in [0.5, 0.6) is 5.75 Å². The number of hydrogen-bond acceptors (Lipinski definition) is 6. The van der Waals surface area contributed by atoms with Gasteiger partial charge in [0.1, 0.15) is 5.75 Å². The molecule has 34 heavy (non-hydrogen) atoms. The Balaban J connectivity index is 1.64. The molecule has 4 rings (SSSR count). The maximum atomic E-state index is 13.1. The highest BCUT2D eigenvalue weighted by Crippen LogP contribution is 2.32. The Morgan fingerprint density at radius 1 is 0.971 bits per heavy atom. The number of carbonyl (C=O) groups excluding carboxylic acids is 2. The maximum Gasteiger partial charge on any atom is 0.221 e. The second-order valence-electron chi connectivity index (χ2n) is 7.59. The van der Waals surface area contributed by atoms with Crippen molar-refractivity contribution in [3.05, 3.63) is 84.4 Å². The number of benzene rings is 3. The molecule has 1 aromatic heterocycles. The van der Waals surface area contributed by atoms with Crippen LogP contribution >= 0.6 is 11.8 Å². The predicted octanol–water partition coefficient (Wildman–Crippen LogP) is 5.26. The summed E-state index contributed by atoms with van der Waals surface area (Å²) in [5.41, 5.74) is 2.96. The van der Waals surface area contributed by atoms with Crippen LogP contribution in [0.4, 0.5) is 5.69 Å². The molecule has 0 spiro atoms. The van der Waals surface area contributed by atoms with E-state index in [4.69, 9.17) is 4.74 Å². The van der Waals surface area contributed by atoms with E-state index in [0.29, 0.717) is 22.2 Å². The molecule has 172 valence electrons. The molecule has 1 atom stereocenters. The smallest absolute Gasteiger partial charge is 0.221 e.